The number of fused-ring (bicyclic) bond motifs is 1. The maximum atomic E-state index is 11.2. The van der Waals surface area contributed by atoms with Crippen molar-refractivity contribution in [2.75, 3.05) is 6.54 Å². The molecule has 4 heteroatoms. The predicted octanol–water partition coefficient (Wildman–Crippen LogP) is 0.209. The minimum atomic E-state index is -0.834. The van der Waals surface area contributed by atoms with Crippen LogP contribution in [0.2, 0.25) is 0 Å². The Morgan fingerprint density at radius 1 is 1.69 bits per heavy atom. The van der Waals surface area contributed by atoms with Crippen LogP contribution in [0.5, 0.6) is 0 Å². The molecular weight excluding hydrogens is 168 g/mol. The van der Waals surface area contributed by atoms with E-state index in [1.165, 1.54) is 0 Å². The van der Waals surface area contributed by atoms with E-state index in [2.05, 4.69) is 5.32 Å². The van der Waals surface area contributed by atoms with Crippen LogP contribution in [0.3, 0.4) is 0 Å². The number of carboxylic acid groups (broad SMARTS) is 1. The van der Waals surface area contributed by atoms with Gasteiger partial charge in [-0.1, -0.05) is 13.8 Å². The van der Waals surface area contributed by atoms with E-state index in [0.717, 1.165) is 0 Å². The summed E-state index contributed by atoms with van der Waals surface area (Å²) in [6.07, 6.45) is 0. The molecule has 3 atom stereocenters. The van der Waals surface area contributed by atoms with Crippen molar-refractivity contribution in [3.8, 4) is 6.07 Å². The van der Waals surface area contributed by atoms with E-state index >= 15 is 0 Å². The fraction of sp³-hybridized carbons (Fsp3) is 0.778. The summed E-state index contributed by atoms with van der Waals surface area (Å²) in [7, 11) is 0. The Balaban J connectivity index is 2.43. The molecule has 13 heavy (non-hydrogen) atoms. The molecule has 3 unspecified atom stereocenters. The van der Waals surface area contributed by atoms with Gasteiger partial charge in [0.25, 0.3) is 0 Å². The molecule has 1 aliphatic carbocycles. The zero-order valence-corrected chi connectivity index (χ0v) is 7.66. The molecule has 1 saturated carbocycles. The van der Waals surface area contributed by atoms with Gasteiger partial charge in [-0.3, -0.25) is 4.79 Å². The van der Waals surface area contributed by atoms with Crippen molar-refractivity contribution in [2.24, 2.45) is 16.7 Å². The van der Waals surface area contributed by atoms with Gasteiger partial charge in [-0.25, -0.2) is 0 Å². The molecule has 0 spiro atoms. The van der Waals surface area contributed by atoms with Gasteiger partial charge in [0.1, 0.15) is 11.5 Å². The molecule has 0 bridgehead atoms. The molecule has 0 radical (unpaired) electrons. The lowest BCUT2D eigenvalue weighted by Gasteiger charge is -2.19. The minimum Gasteiger partial charge on any atom is -0.481 e. The number of rotatable bonds is 1. The standard InChI is InChI=1S/C9H12N2O2/c1-8(2)5-4-11-6(3-10)9(5,8)7(12)13/h5-6,11H,4H2,1-2H3,(H,12,13). The molecule has 0 aromatic heterocycles. The number of carbonyl (C=O) groups is 1. The Kier molecular flexibility index (Phi) is 1.34. The second kappa shape index (κ2) is 2.05. The normalized spacial score (nSPS) is 45.0. The van der Waals surface area contributed by atoms with Crippen molar-refractivity contribution in [3.63, 3.8) is 0 Å². The lowest BCUT2D eigenvalue weighted by Crippen LogP contribution is -2.39. The second-order valence-corrected chi connectivity index (χ2v) is 4.42. The van der Waals surface area contributed by atoms with Gasteiger partial charge in [0.2, 0.25) is 0 Å². The molecule has 2 N–H and O–H groups in total. The average Bonchev–Trinajstić information content (AvgIpc) is 2.45. The number of hydrogen-bond acceptors (Lipinski definition) is 3. The maximum absolute atomic E-state index is 11.2. The Morgan fingerprint density at radius 3 is 2.62 bits per heavy atom. The van der Waals surface area contributed by atoms with Gasteiger partial charge in [0.15, 0.2) is 0 Å². The third-order valence-electron chi connectivity index (χ3n) is 3.87. The van der Waals surface area contributed by atoms with E-state index in [0.29, 0.717) is 6.54 Å². The van der Waals surface area contributed by atoms with E-state index in [9.17, 15) is 4.79 Å². The van der Waals surface area contributed by atoms with Crippen LogP contribution in [0.1, 0.15) is 13.8 Å². The summed E-state index contributed by atoms with van der Waals surface area (Å²) >= 11 is 0. The van der Waals surface area contributed by atoms with Crippen LogP contribution in [0.4, 0.5) is 0 Å². The van der Waals surface area contributed by atoms with Crippen LogP contribution in [0.15, 0.2) is 0 Å². The first kappa shape index (κ1) is 8.52. The number of aliphatic carboxylic acids is 1. The quantitative estimate of drug-likeness (QED) is 0.605. The van der Waals surface area contributed by atoms with E-state index < -0.39 is 17.4 Å². The lowest BCUT2D eigenvalue weighted by molar-refractivity contribution is -0.145. The Labute approximate surface area is 76.5 Å². The van der Waals surface area contributed by atoms with Gasteiger partial charge in [-0.15, -0.1) is 0 Å². The average molecular weight is 180 g/mol. The van der Waals surface area contributed by atoms with Crippen LogP contribution < -0.4 is 5.32 Å². The Bertz CT molecular complexity index is 318. The van der Waals surface area contributed by atoms with Crippen LogP contribution >= 0.6 is 0 Å². The number of nitrogens with zero attached hydrogens (tertiary/aromatic N) is 1. The largest absolute Gasteiger partial charge is 0.481 e. The Hall–Kier alpha value is -1.08. The number of carboxylic acids is 1. The van der Waals surface area contributed by atoms with Crippen LogP contribution in [0, 0.1) is 28.1 Å². The van der Waals surface area contributed by atoms with Crippen molar-refractivity contribution < 1.29 is 9.90 Å². The van der Waals surface area contributed by atoms with Crippen molar-refractivity contribution >= 4 is 5.97 Å². The highest BCUT2D eigenvalue weighted by Crippen LogP contribution is 2.72. The molecule has 2 rings (SSSR count). The monoisotopic (exact) mass is 180 g/mol. The zero-order valence-electron chi connectivity index (χ0n) is 7.66. The maximum Gasteiger partial charge on any atom is 0.313 e. The third kappa shape index (κ3) is 0.637. The van der Waals surface area contributed by atoms with E-state index in [1.807, 2.05) is 19.9 Å². The number of nitriles is 1. The summed E-state index contributed by atoms with van der Waals surface area (Å²) in [4.78, 5) is 11.2. The molecule has 1 heterocycles. The van der Waals surface area contributed by atoms with Gasteiger partial charge in [-0.2, -0.15) is 5.26 Å². The molecule has 2 fully saturated rings. The molecule has 0 aromatic carbocycles. The van der Waals surface area contributed by atoms with Gasteiger partial charge >= 0.3 is 5.97 Å². The third-order valence-corrected chi connectivity index (χ3v) is 3.87. The van der Waals surface area contributed by atoms with Crippen molar-refractivity contribution in [1.29, 1.82) is 5.26 Å². The van der Waals surface area contributed by atoms with Crippen LogP contribution in [0.25, 0.3) is 0 Å². The molecule has 2 aliphatic rings. The van der Waals surface area contributed by atoms with Gasteiger partial charge in [0.05, 0.1) is 6.07 Å². The highest BCUT2D eigenvalue weighted by Gasteiger charge is 2.81. The van der Waals surface area contributed by atoms with Crippen molar-refractivity contribution in [1.82, 2.24) is 5.32 Å². The molecule has 0 amide bonds. The smallest absolute Gasteiger partial charge is 0.313 e. The first-order valence-electron chi connectivity index (χ1n) is 4.36. The van der Waals surface area contributed by atoms with Crippen molar-refractivity contribution in [3.05, 3.63) is 0 Å². The summed E-state index contributed by atoms with van der Waals surface area (Å²) in [5.41, 5.74) is -1.06. The second-order valence-electron chi connectivity index (χ2n) is 4.42. The topological polar surface area (TPSA) is 73.1 Å². The number of piperidine rings is 1. The predicted molar refractivity (Wildman–Crippen MR) is 44.7 cm³/mol. The zero-order chi connectivity index (χ0) is 9.85. The van der Waals surface area contributed by atoms with E-state index in [4.69, 9.17) is 10.4 Å². The summed E-state index contributed by atoms with van der Waals surface area (Å²) in [5.74, 6) is -0.721. The first-order valence-corrected chi connectivity index (χ1v) is 4.36. The highest BCUT2D eigenvalue weighted by atomic mass is 16.4. The summed E-state index contributed by atoms with van der Waals surface area (Å²) in [6, 6.07) is 1.52. The minimum absolute atomic E-state index is 0.113. The van der Waals surface area contributed by atoms with Gasteiger partial charge in [-0.05, 0) is 11.3 Å². The molecule has 1 aliphatic heterocycles. The molecule has 70 valence electrons. The summed E-state index contributed by atoms with van der Waals surface area (Å²) in [6.45, 7) is 4.51. The molecule has 4 nitrogen and oxygen atoms in total. The fourth-order valence-electron chi connectivity index (χ4n) is 2.99. The van der Waals surface area contributed by atoms with Crippen molar-refractivity contribution in [2.45, 2.75) is 19.9 Å². The molecular formula is C9H12N2O2. The first-order chi connectivity index (χ1) is 5.99. The number of nitrogens with one attached hydrogen (secondary N) is 1. The van der Waals surface area contributed by atoms with Crippen LogP contribution in [-0.2, 0) is 4.79 Å². The van der Waals surface area contributed by atoms with Gasteiger partial charge in [0, 0.05) is 6.54 Å². The van der Waals surface area contributed by atoms with Gasteiger partial charge < -0.3 is 10.4 Å². The number of hydrogen-bond donors (Lipinski definition) is 2. The SMILES string of the molecule is CC1(C)C2CNC(C#N)C21C(=O)O. The van der Waals surface area contributed by atoms with E-state index in [1.54, 1.807) is 0 Å². The highest BCUT2D eigenvalue weighted by molar-refractivity contribution is 5.83. The van der Waals surface area contributed by atoms with E-state index in [-0.39, 0.29) is 11.3 Å². The fourth-order valence-corrected chi connectivity index (χ4v) is 2.99. The summed E-state index contributed by atoms with van der Waals surface area (Å²) in [5, 5.41) is 20.9. The lowest BCUT2D eigenvalue weighted by atomic mass is 9.89. The molecule has 1 saturated heterocycles. The van der Waals surface area contributed by atoms with Crippen LogP contribution in [-0.4, -0.2) is 23.7 Å². The Morgan fingerprint density at radius 2 is 2.31 bits per heavy atom. The molecule has 0 aromatic rings. The summed E-state index contributed by atoms with van der Waals surface area (Å²) < 4.78 is 0.